The molecule has 1 atom stereocenters. The highest BCUT2D eigenvalue weighted by atomic mass is 16.5. The number of carbonyl (C=O) groups excluding carboxylic acids is 1. The maximum absolute atomic E-state index is 12.9. The lowest BCUT2D eigenvalue weighted by molar-refractivity contribution is -0.137. The van der Waals surface area contributed by atoms with Gasteiger partial charge in [-0.05, 0) is 50.3 Å². The molecule has 1 heterocycles. The Kier molecular flexibility index (Phi) is 5.69. The maximum atomic E-state index is 12.9. The fourth-order valence-electron chi connectivity index (χ4n) is 2.94. The molecule has 23 heavy (non-hydrogen) atoms. The summed E-state index contributed by atoms with van der Waals surface area (Å²) < 4.78 is 5.71. The average molecular weight is 318 g/mol. The third-order valence-corrected chi connectivity index (χ3v) is 4.44. The van der Waals surface area contributed by atoms with E-state index in [0.717, 1.165) is 30.7 Å². The van der Waals surface area contributed by atoms with Crippen LogP contribution >= 0.6 is 0 Å². The Bertz CT molecular complexity index is 523. The standard InChI is InChI=1S/C19H30N2O2/c1-14(2)13-23-17-9-7-15(8-10-17)19(3,4)18(22)21-11-5-6-16(20)12-21/h7-10,14,16H,5-6,11-13,20H2,1-4H3. The molecule has 1 saturated heterocycles. The Balaban J connectivity index is 2.07. The summed E-state index contributed by atoms with van der Waals surface area (Å²) in [5, 5.41) is 0. The lowest BCUT2D eigenvalue weighted by Gasteiger charge is -2.36. The van der Waals surface area contributed by atoms with Crippen molar-refractivity contribution in [2.24, 2.45) is 11.7 Å². The van der Waals surface area contributed by atoms with Gasteiger partial charge >= 0.3 is 0 Å². The van der Waals surface area contributed by atoms with Crippen molar-refractivity contribution in [3.05, 3.63) is 29.8 Å². The quantitative estimate of drug-likeness (QED) is 0.908. The topological polar surface area (TPSA) is 55.6 Å². The molecule has 1 unspecified atom stereocenters. The first kappa shape index (κ1) is 17.8. The SMILES string of the molecule is CC(C)COc1ccc(C(C)(C)C(=O)N2CCCC(N)C2)cc1. The molecule has 0 aromatic heterocycles. The zero-order valence-electron chi connectivity index (χ0n) is 14.8. The molecule has 0 bridgehead atoms. The van der Waals surface area contributed by atoms with Crippen molar-refractivity contribution in [3.63, 3.8) is 0 Å². The van der Waals surface area contributed by atoms with Crippen LogP contribution in [0.25, 0.3) is 0 Å². The minimum absolute atomic E-state index is 0.107. The number of benzene rings is 1. The first-order chi connectivity index (χ1) is 10.8. The van der Waals surface area contributed by atoms with Gasteiger partial charge in [0.25, 0.3) is 0 Å². The van der Waals surface area contributed by atoms with Gasteiger partial charge in [0, 0.05) is 19.1 Å². The fourth-order valence-corrected chi connectivity index (χ4v) is 2.94. The Morgan fingerprint density at radius 3 is 2.57 bits per heavy atom. The van der Waals surface area contributed by atoms with Gasteiger partial charge in [0.2, 0.25) is 5.91 Å². The number of nitrogens with two attached hydrogens (primary N) is 1. The average Bonchev–Trinajstić information content (AvgIpc) is 2.52. The minimum atomic E-state index is -0.548. The van der Waals surface area contributed by atoms with E-state index in [4.69, 9.17) is 10.5 Å². The number of carbonyl (C=O) groups is 1. The summed E-state index contributed by atoms with van der Waals surface area (Å²) in [5.41, 5.74) is 6.48. The second kappa shape index (κ2) is 7.35. The molecule has 0 saturated carbocycles. The van der Waals surface area contributed by atoms with Crippen LogP contribution in [0.4, 0.5) is 0 Å². The second-order valence-electron chi connectivity index (χ2n) is 7.51. The van der Waals surface area contributed by atoms with E-state index in [9.17, 15) is 4.79 Å². The van der Waals surface area contributed by atoms with Crippen molar-refractivity contribution >= 4 is 5.91 Å². The monoisotopic (exact) mass is 318 g/mol. The molecule has 0 spiro atoms. The summed E-state index contributed by atoms with van der Waals surface area (Å²) in [6.45, 7) is 10.4. The molecule has 1 aliphatic heterocycles. The number of hydrogen-bond acceptors (Lipinski definition) is 3. The number of nitrogens with zero attached hydrogens (tertiary/aromatic N) is 1. The molecule has 1 aromatic rings. The van der Waals surface area contributed by atoms with Crippen LogP contribution in [0.15, 0.2) is 24.3 Å². The third kappa shape index (κ3) is 4.47. The Morgan fingerprint density at radius 2 is 2.00 bits per heavy atom. The van der Waals surface area contributed by atoms with Crippen molar-refractivity contribution in [3.8, 4) is 5.75 Å². The van der Waals surface area contributed by atoms with E-state index >= 15 is 0 Å². The zero-order valence-corrected chi connectivity index (χ0v) is 14.8. The summed E-state index contributed by atoms with van der Waals surface area (Å²) in [6.07, 6.45) is 2.00. The van der Waals surface area contributed by atoms with Crippen LogP contribution in [0.2, 0.25) is 0 Å². The van der Waals surface area contributed by atoms with Gasteiger partial charge in [0.15, 0.2) is 0 Å². The number of ether oxygens (including phenoxy) is 1. The van der Waals surface area contributed by atoms with Crippen LogP contribution < -0.4 is 10.5 Å². The van der Waals surface area contributed by atoms with E-state index in [1.54, 1.807) is 0 Å². The van der Waals surface area contributed by atoms with E-state index in [1.807, 2.05) is 43.0 Å². The number of hydrogen-bond donors (Lipinski definition) is 1. The fraction of sp³-hybridized carbons (Fsp3) is 0.632. The van der Waals surface area contributed by atoms with Crippen LogP contribution in [0.3, 0.4) is 0 Å². The van der Waals surface area contributed by atoms with Crippen LogP contribution in [0, 0.1) is 5.92 Å². The molecule has 1 aliphatic rings. The normalized spacial score (nSPS) is 19.0. The van der Waals surface area contributed by atoms with Crippen LogP contribution in [-0.2, 0) is 10.2 Å². The molecular weight excluding hydrogens is 288 g/mol. The lowest BCUT2D eigenvalue weighted by atomic mass is 9.82. The summed E-state index contributed by atoms with van der Waals surface area (Å²) in [4.78, 5) is 14.8. The smallest absolute Gasteiger partial charge is 0.232 e. The highest BCUT2D eigenvalue weighted by molar-refractivity contribution is 5.87. The van der Waals surface area contributed by atoms with Gasteiger partial charge in [-0.15, -0.1) is 0 Å². The van der Waals surface area contributed by atoms with E-state index in [2.05, 4.69) is 13.8 Å². The van der Waals surface area contributed by atoms with Gasteiger partial charge in [-0.2, -0.15) is 0 Å². The highest BCUT2D eigenvalue weighted by Crippen LogP contribution is 2.28. The number of rotatable bonds is 5. The minimum Gasteiger partial charge on any atom is -0.493 e. The second-order valence-corrected chi connectivity index (χ2v) is 7.51. The van der Waals surface area contributed by atoms with Crippen molar-refractivity contribution in [1.29, 1.82) is 0 Å². The Hall–Kier alpha value is -1.55. The molecule has 1 aromatic carbocycles. The molecule has 1 fully saturated rings. The summed E-state index contributed by atoms with van der Waals surface area (Å²) in [6, 6.07) is 8.01. The van der Waals surface area contributed by atoms with E-state index in [1.165, 1.54) is 0 Å². The molecule has 2 rings (SSSR count). The van der Waals surface area contributed by atoms with Crippen molar-refractivity contribution < 1.29 is 9.53 Å². The van der Waals surface area contributed by atoms with Gasteiger partial charge in [0.05, 0.1) is 12.0 Å². The first-order valence-corrected chi connectivity index (χ1v) is 8.59. The van der Waals surface area contributed by atoms with Crippen LogP contribution in [0.5, 0.6) is 5.75 Å². The van der Waals surface area contributed by atoms with Crippen LogP contribution in [-0.4, -0.2) is 36.5 Å². The Morgan fingerprint density at radius 1 is 1.35 bits per heavy atom. The van der Waals surface area contributed by atoms with E-state index in [0.29, 0.717) is 19.1 Å². The molecule has 2 N–H and O–H groups in total. The Labute approximate surface area is 140 Å². The molecule has 128 valence electrons. The van der Waals surface area contributed by atoms with Crippen molar-refractivity contribution in [2.75, 3.05) is 19.7 Å². The van der Waals surface area contributed by atoms with Crippen LogP contribution in [0.1, 0.15) is 46.1 Å². The molecule has 1 amide bonds. The van der Waals surface area contributed by atoms with Gasteiger partial charge in [-0.1, -0.05) is 26.0 Å². The first-order valence-electron chi connectivity index (χ1n) is 8.59. The third-order valence-electron chi connectivity index (χ3n) is 4.44. The summed E-state index contributed by atoms with van der Waals surface area (Å²) in [5.74, 6) is 1.50. The number of piperidine rings is 1. The molecular formula is C19H30N2O2. The largest absolute Gasteiger partial charge is 0.493 e. The zero-order chi connectivity index (χ0) is 17.0. The molecule has 4 heteroatoms. The van der Waals surface area contributed by atoms with Gasteiger partial charge in [0.1, 0.15) is 5.75 Å². The molecule has 0 aliphatic carbocycles. The number of amides is 1. The van der Waals surface area contributed by atoms with E-state index in [-0.39, 0.29) is 11.9 Å². The lowest BCUT2D eigenvalue weighted by Crippen LogP contribution is -2.51. The van der Waals surface area contributed by atoms with E-state index < -0.39 is 5.41 Å². The molecule has 4 nitrogen and oxygen atoms in total. The van der Waals surface area contributed by atoms with Crippen molar-refractivity contribution in [2.45, 2.75) is 52.0 Å². The van der Waals surface area contributed by atoms with Gasteiger partial charge < -0.3 is 15.4 Å². The summed E-state index contributed by atoms with van der Waals surface area (Å²) >= 11 is 0. The number of likely N-dealkylation sites (tertiary alicyclic amines) is 1. The maximum Gasteiger partial charge on any atom is 0.232 e. The predicted octanol–water partition coefficient (Wildman–Crippen LogP) is 2.95. The molecule has 0 radical (unpaired) electrons. The summed E-state index contributed by atoms with van der Waals surface area (Å²) in [7, 11) is 0. The van der Waals surface area contributed by atoms with Crippen molar-refractivity contribution in [1.82, 2.24) is 4.90 Å². The predicted molar refractivity (Wildman–Crippen MR) is 93.6 cm³/mol. The highest BCUT2D eigenvalue weighted by Gasteiger charge is 2.35. The van der Waals surface area contributed by atoms with Gasteiger partial charge in [-0.25, -0.2) is 0 Å². The van der Waals surface area contributed by atoms with Gasteiger partial charge in [-0.3, -0.25) is 4.79 Å².